The van der Waals surface area contributed by atoms with E-state index < -0.39 is 0 Å². The standard InChI is InChI=1S/C13H20N2O2/c1-3-11(7-8-16)14-13(17)15-12-6-4-5-10(2)9-12/h4-6,9,11,16H,3,7-8H2,1-2H3,(H2,14,15,17). The van der Waals surface area contributed by atoms with Crippen LogP contribution in [0.4, 0.5) is 10.5 Å². The Balaban J connectivity index is 2.49. The molecule has 17 heavy (non-hydrogen) atoms. The van der Waals surface area contributed by atoms with Gasteiger partial charge in [0.25, 0.3) is 0 Å². The van der Waals surface area contributed by atoms with Crippen LogP contribution in [0.3, 0.4) is 0 Å². The molecule has 1 unspecified atom stereocenters. The summed E-state index contributed by atoms with van der Waals surface area (Å²) in [6.07, 6.45) is 1.39. The monoisotopic (exact) mass is 236 g/mol. The van der Waals surface area contributed by atoms with Crippen molar-refractivity contribution in [2.45, 2.75) is 32.7 Å². The summed E-state index contributed by atoms with van der Waals surface area (Å²) < 4.78 is 0. The molecule has 2 amide bonds. The molecule has 4 nitrogen and oxygen atoms in total. The van der Waals surface area contributed by atoms with Crippen LogP contribution in [0.5, 0.6) is 0 Å². The minimum atomic E-state index is -0.226. The summed E-state index contributed by atoms with van der Waals surface area (Å²) in [4.78, 5) is 11.7. The number of aliphatic hydroxyl groups is 1. The van der Waals surface area contributed by atoms with Crippen LogP contribution < -0.4 is 10.6 Å². The third-order valence-electron chi connectivity index (χ3n) is 2.58. The molecule has 1 atom stereocenters. The number of aliphatic hydroxyl groups excluding tert-OH is 1. The second-order valence-electron chi connectivity index (χ2n) is 4.09. The van der Waals surface area contributed by atoms with Gasteiger partial charge in [0.1, 0.15) is 0 Å². The Morgan fingerprint density at radius 3 is 2.82 bits per heavy atom. The minimum Gasteiger partial charge on any atom is -0.396 e. The van der Waals surface area contributed by atoms with Gasteiger partial charge in [0.2, 0.25) is 0 Å². The molecule has 0 aliphatic heterocycles. The Hall–Kier alpha value is -1.55. The summed E-state index contributed by atoms with van der Waals surface area (Å²) in [5.74, 6) is 0. The van der Waals surface area contributed by atoms with Gasteiger partial charge in [-0.25, -0.2) is 4.79 Å². The van der Waals surface area contributed by atoms with Crippen LogP contribution in [0.25, 0.3) is 0 Å². The first-order valence-electron chi connectivity index (χ1n) is 5.90. The summed E-state index contributed by atoms with van der Waals surface area (Å²) in [5, 5.41) is 14.4. The molecule has 0 saturated carbocycles. The molecule has 0 radical (unpaired) electrons. The number of benzene rings is 1. The van der Waals surface area contributed by atoms with Crippen molar-refractivity contribution in [3.05, 3.63) is 29.8 Å². The van der Waals surface area contributed by atoms with Crippen LogP contribution in [0.1, 0.15) is 25.3 Å². The number of nitrogens with one attached hydrogen (secondary N) is 2. The molecule has 0 heterocycles. The van der Waals surface area contributed by atoms with E-state index in [2.05, 4.69) is 10.6 Å². The Kier molecular flexibility index (Phi) is 5.49. The van der Waals surface area contributed by atoms with E-state index in [1.54, 1.807) is 0 Å². The summed E-state index contributed by atoms with van der Waals surface area (Å²) in [7, 11) is 0. The lowest BCUT2D eigenvalue weighted by Crippen LogP contribution is -2.38. The normalized spacial score (nSPS) is 11.9. The summed E-state index contributed by atoms with van der Waals surface area (Å²) >= 11 is 0. The molecule has 0 aliphatic rings. The van der Waals surface area contributed by atoms with Crippen molar-refractivity contribution in [3.63, 3.8) is 0 Å². The number of anilines is 1. The van der Waals surface area contributed by atoms with Crippen molar-refractivity contribution in [2.75, 3.05) is 11.9 Å². The maximum absolute atomic E-state index is 11.7. The summed E-state index contributed by atoms with van der Waals surface area (Å²) in [5.41, 5.74) is 1.88. The first-order chi connectivity index (χ1) is 8.15. The van der Waals surface area contributed by atoms with E-state index in [0.29, 0.717) is 6.42 Å². The average Bonchev–Trinajstić information content (AvgIpc) is 2.28. The number of rotatable bonds is 5. The number of urea groups is 1. The highest BCUT2D eigenvalue weighted by Crippen LogP contribution is 2.09. The van der Waals surface area contributed by atoms with Crippen LogP contribution in [-0.2, 0) is 0 Å². The molecule has 4 heteroatoms. The summed E-state index contributed by atoms with van der Waals surface area (Å²) in [6, 6.07) is 7.42. The molecule has 1 aromatic carbocycles. The molecule has 0 bridgehead atoms. The van der Waals surface area contributed by atoms with Crippen LogP contribution >= 0.6 is 0 Å². The van der Waals surface area contributed by atoms with Crippen LogP contribution in [0, 0.1) is 6.92 Å². The molecule has 0 saturated heterocycles. The molecule has 1 rings (SSSR count). The van der Waals surface area contributed by atoms with E-state index in [1.807, 2.05) is 38.1 Å². The van der Waals surface area contributed by atoms with Gasteiger partial charge >= 0.3 is 6.03 Å². The lowest BCUT2D eigenvalue weighted by Gasteiger charge is -2.16. The highest BCUT2D eigenvalue weighted by molar-refractivity contribution is 5.89. The molecular weight excluding hydrogens is 216 g/mol. The number of aryl methyl sites for hydroxylation is 1. The van der Waals surface area contributed by atoms with Gasteiger partial charge in [0.05, 0.1) is 0 Å². The Bertz CT molecular complexity index is 366. The van der Waals surface area contributed by atoms with Gasteiger partial charge in [-0.15, -0.1) is 0 Å². The predicted octanol–water partition coefficient (Wildman–Crippen LogP) is 2.28. The number of carbonyl (C=O) groups excluding carboxylic acids is 1. The molecular formula is C13H20N2O2. The zero-order chi connectivity index (χ0) is 12.7. The molecule has 3 N–H and O–H groups in total. The maximum atomic E-state index is 11.7. The molecule has 0 aromatic heterocycles. The number of hydrogen-bond donors (Lipinski definition) is 3. The highest BCUT2D eigenvalue weighted by Gasteiger charge is 2.09. The van der Waals surface area contributed by atoms with Gasteiger partial charge in [0.15, 0.2) is 0 Å². The smallest absolute Gasteiger partial charge is 0.319 e. The predicted molar refractivity (Wildman–Crippen MR) is 69.1 cm³/mol. The van der Waals surface area contributed by atoms with E-state index >= 15 is 0 Å². The number of amides is 2. The lowest BCUT2D eigenvalue weighted by molar-refractivity contribution is 0.237. The van der Waals surface area contributed by atoms with E-state index in [1.165, 1.54) is 0 Å². The average molecular weight is 236 g/mol. The van der Waals surface area contributed by atoms with Gasteiger partial charge < -0.3 is 15.7 Å². The van der Waals surface area contributed by atoms with Gasteiger partial charge in [-0.3, -0.25) is 0 Å². The first kappa shape index (κ1) is 13.5. The minimum absolute atomic E-state index is 0.0183. The van der Waals surface area contributed by atoms with Gasteiger partial charge in [-0.2, -0.15) is 0 Å². The zero-order valence-electron chi connectivity index (χ0n) is 10.4. The van der Waals surface area contributed by atoms with Crippen molar-refractivity contribution in [1.29, 1.82) is 0 Å². The van der Waals surface area contributed by atoms with Crippen molar-refractivity contribution in [3.8, 4) is 0 Å². The molecule has 0 fully saturated rings. The Morgan fingerprint density at radius 2 is 2.24 bits per heavy atom. The third kappa shape index (κ3) is 4.87. The fourth-order valence-corrected chi connectivity index (χ4v) is 1.61. The van der Waals surface area contributed by atoms with E-state index in [4.69, 9.17) is 5.11 Å². The number of carbonyl (C=O) groups is 1. The van der Waals surface area contributed by atoms with Crippen molar-refractivity contribution < 1.29 is 9.90 Å². The molecule has 0 spiro atoms. The van der Waals surface area contributed by atoms with Gasteiger partial charge in [-0.05, 0) is 37.5 Å². The van der Waals surface area contributed by atoms with Crippen molar-refractivity contribution >= 4 is 11.7 Å². The van der Waals surface area contributed by atoms with Gasteiger partial charge in [-0.1, -0.05) is 19.1 Å². The zero-order valence-corrected chi connectivity index (χ0v) is 10.4. The largest absolute Gasteiger partial charge is 0.396 e. The maximum Gasteiger partial charge on any atom is 0.319 e. The molecule has 0 aliphatic carbocycles. The fraction of sp³-hybridized carbons (Fsp3) is 0.462. The van der Waals surface area contributed by atoms with Crippen LogP contribution in [0.15, 0.2) is 24.3 Å². The van der Waals surface area contributed by atoms with Crippen LogP contribution in [-0.4, -0.2) is 23.8 Å². The second-order valence-corrected chi connectivity index (χ2v) is 4.09. The Labute approximate surface area is 102 Å². The van der Waals surface area contributed by atoms with E-state index in [9.17, 15) is 4.79 Å². The number of hydrogen-bond acceptors (Lipinski definition) is 2. The Morgan fingerprint density at radius 1 is 1.47 bits per heavy atom. The molecule has 1 aromatic rings. The lowest BCUT2D eigenvalue weighted by atomic mass is 10.1. The summed E-state index contributed by atoms with van der Waals surface area (Å²) in [6.45, 7) is 4.04. The second kappa shape index (κ2) is 6.91. The topological polar surface area (TPSA) is 61.4 Å². The van der Waals surface area contributed by atoms with Crippen molar-refractivity contribution in [1.82, 2.24) is 5.32 Å². The van der Waals surface area contributed by atoms with E-state index in [-0.39, 0.29) is 18.7 Å². The van der Waals surface area contributed by atoms with Crippen molar-refractivity contribution in [2.24, 2.45) is 0 Å². The van der Waals surface area contributed by atoms with Crippen LogP contribution in [0.2, 0.25) is 0 Å². The fourth-order valence-electron chi connectivity index (χ4n) is 1.61. The highest BCUT2D eigenvalue weighted by atomic mass is 16.3. The third-order valence-corrected chi connectivity index (χ3v) is 2.58. The van der Waals surface area contributed by atoms with Gasteiger partial charge in [0, 0.05) is 18.3 Å². The van der Waals surface area contributed by atoms with E-state index in [0.717, 1.165) is 17.7 Å². The quantitative estimate of drug-likeness (QED) is 0.734. The first-order valence-corrected chi connectivity index (χ1v) is 5.90. The molecule has 94 valence electrons. The SMILES string of the molecule is CCC(CCO)NC(=O)Nc1cccc(C)c1.